The Bertz CT molecular complexity index is 601. The average molecular weight is 321 g/mol. The van der Waals surface area contributed by atoms with Crippen LogP contribution in [0.3, 0.4) is 0 Å². The van der Waals surface area contributed by atoms with Crippen LogP contribution in [-0.4, -0.2) is 27.5 Å². The Morgan fingerprint density at radius 2 is 2.00 bits per heavy atom. The zero-order valence-electron chi connectivity index (χ0n) is 11.4. The van der Waals surface area contributed by atoms with Crippen LogP contribution in [0.2, 0.25) is 5.02 Å². The third-order valence-electron chi connectivity index (χ3n) is 2.69. The molecule has 1 amide bonds. The molecule has 0 saturated heterocycles. The minimum atomic E-state index is -3.89. The lowest BCUT2D eigenvalue weighted by atomic mass is 10.1. The molecular formula is C12H17ClN2O4S. The Hall–Kier alpha value is -1.31. The Labute approximate surface area is 123 Å². The maximum Gasteiger partial charge on any atom is 0.241 e. The van der Waals surface area contributed by atoms with E-state index in [2.05, 4.69) is 4.72 Å². The average Bonchev–Trinajstić information content (AvgIpc) is 2.35. The summed E-state index contributed by atoms with van der Waals surface area (Å²) in [6.45, 7) is 3.39. The summed E-state index contributed by atoms with van der Waals surface area (Å²) in [5.74, 6) is -0.639. The molecule has 1 rings (SSSR count). The van der Waals surface area contributed by atoms with E-state index in [-0.39, 0.29) is 15.8 Å². The quantitative estimate of drug-likeness (QED) is 0.821. The van der Waals surface area contributed by atoms with Crippen molar-refractivity contribution in [2.75, 3.05) is 7.11 Å². The summed E-state index contributed by atoms with van der Waals surface area (Å²) >= 11 is 5.89. The van der Waals surface area contributed by atoms with Gasteiger partial charge in [0.05, 0.1) is 17.0 Å². The van der Waals surface area contributed by atoms with Crippen molar-refractivity contribution in [3.8, 4) is 5.75 Å². The molecule has 112 valence electrons. The van der Waals surface area contributed by atoms with Crippen molar-refractivity contribution in [1.82, 2.24) is 4.72 Å². The van der Waals surface area contributed by atoms with Crippen LogP contribution in [0.1, 0.15) is 13.8 Å². The number of rotatable bonds is 6. The minimum absolute atomic E-state index is 0.0600. The van der Waals surface area contributed by atoms with Gasteiger partial charge in [-0.2, -0.15) is 4.72 Å². The van der Waals surface area contributed by atoms with Gasteiger partial charge in [0.2, 0.25) is 15.9 Å². The van der Waals surface area contributed by atoms with Gasteiger partial charge in [-0.25, -0.2) is 8.42 Å². The molecule has 0 heterocycles. The molecule has 0 radical (unpaired) electrons. The van der Waals surface area contributed by atoms with Crippen molar-refractivity contribution < 1.29 is 17.9 Å². The molecule has 3 N–H and O–H groups in total. The number of halogens is 1. The van der Waals surface area contributed by atoms with Crippen LogP contribution in [0.15, 0.2) is 23.1 Å². The molecule has 0 bridgehead atoms. The standard InChI is InChI=1S/C12H17ClN2O4S/c1-7(2)11(12(14)16)15-20(17,18)8-4-5-10(19-3)9(13)6-8/h4-7,11,15H,1-3H3,(H2,14,16)/t11-/m0/s1. The fraction of sp³-hybridized carbons (Fsp3) is 0.417. The number of ether oxygens (including phenoxy) is 1. The second-order valence-electron chi connectivity index (χ2n) is 4.54. The SMILES string of the molecule is COc1ccc(S(=O)(=O)N[C@H](C(N)=O)C(C)C)cc1Cl. The van der Waals surface area contributed by atoms with Gasteiger partial charge in [-0.15, -0.1) is 0 Å². The van der Waals surface area contributed by atoms with Crippen LogP contribution in [0.25, 0.3) is 0 Å². The predicted molar refractivity (Wildman–Crippen MR) is 76.1 cm³/mol. The van der Waals surface area contributed by atoms with Crippen LogP contribution in [0.4, 0.5) is 0 Å². The van der Waals surface area contributed by atoms with Crippen molar-refractivity contribution in [1.29, 1.82) is 0 Å². The Balaban J connectivity index is 3.11. The smallest absolute Gasteiger partial charge is 0.241 e. The zero-order valence-corrected chi connectivity index (χ0v) is 13.0. The molecule has 20 heavy (non-hydrogen) atoms. The van der Waals surface area contributed by atoms with E-state index in [4.69, 9.17) is 22.1 Å². The number of benzene rings is 1. The third kappa shape index (κ3) is 3.84. The first-order valence-electron chi connectivity index (χ1n) is 5.84. The van der Waals surface area contributed by atoms with E-state index in [1.54, 1.807) is 13.8 Å². The van der Waals surface area contributed by atoms with Gasteiger partial charge < -0.3 is 10.5 Å². The first-order chi connectivity index (χ1) is 9.19. The van der Waals surface area contributed by atoms with Gasteiger partial charge >= 0.3 is 0 Å². The van der Waals surface area contributed by atoms with Crippen molar-refractivity contribution in [3.05, 3.63) is 23.2 Å². The highest BCUT2D eigenvalue weighted by molar-refractivity contribution is 7.89. The predicted octanol–water partition coefficient (Wildman–Crippen LogP) is 1.14. The lowest BCUT2D eigenvalue weighted by molar-refractivity contribution is -0.120. The maximum atomic E-state index is 12.2. The fourth-order valence-corrected chi connectivity index (χ4v) is 3.27. The maximum absolute atomic E-state index is 12.2. The molecule has 0 aliphatic carbocycles. The topological polar surface area (TPSA) is 98.5 Å². The second-order valence-corrected chi connectivity index (χ2v) is 6.66. The van der Waals surface area contributed by atoms with Crippen molar-refractivity contribution in [2.45, 2.75) is 24.8 Å². The highest BCUT2D eigenvalue weighted by Crippen LogP contribution is 2.27. The second kappa shape index (κ2) is 6.43. The van der Waals surface area contributed by atoms with Crippen LogP contribution in [-0.2, 0) is 14.8 Å². The van der Waals surface area contributed by atoms with Crippen molar-refractivity contribution in [2.24, 2.45) is 11.7 Å². The molecule has 0 spiro atoms. The number of primary amides is 1. The summed E-state index contributed by atoms with van der Waals surface area (Å²) < 4.78 is 31.6. The highest BCUT2D eigenvalue weighted by Gasteiger charge is 2.27. The Morgan fingerprint density at radius 1 is 1.40 bits per heavy atom. The largest absolute Gasteiger partial charge is 0.495 e. The van der Waals surface area contributed by atoms with Crippen LogP contribution in [0.5, 0.6) is 5.75 Å². The number of nitrogens with two attached hydrogens (primary N) is 1. The summed E-state index contributed by atoms with van der Waals surface area (Å²) in [5, 5.41) is 0.163. The van der Waals surface area contributed by atoms with Gasteiger partial charge in [-0.05, 0) is 24.1 Å². The first-order valence-corrected chi connectivity index (χ1v) is 7.70. The van der Waals surface area contributed by atoms with E-state index >= 15 is 0 Å². The molecule has 0 aliphatic rings. The van der Waals surface area contributed by atoms with Crippen LogP contribution < -0.4 is 15.2 Å². The van der Waals surface area contributed by atoms with Gasteiger partial charge in [-0.1, -0.05) is 25.4 Å². The van der Waals surface area contributed by atoms with Crippen LogP contribution in [0, 0.1) is 5.92 Å². The molecule has 1 atom stereocenters. The van der Waals surface area contributed by atoms with Gasteiger partial charge in [0.15, 0.2) is 0 Å². The van der Waals surface area contributed by atoms with Gasteiger partial charge in [0.1, 0.15) is 11.8 Å². The van der Waals surface area contributed by atoms with Crippen molar-refractivity contribution in [3.63, 3.8) is 0 Å². The molecule has 0 fully saturated rings. The summed E-state index contributed by atoms with van der Waals surface area (Å²) in [6.07, 6.45) is 0. The molecule has 0 saturated carbocycles. The molecular weight excluding hydrogens is 304 g/mol. The molecule has 1 aromatic rings. The number of sulfonamides is 1. The molecule has 1 aromatic carbocycles. The van der Waals surface area contributed by atoms with Gasteiger partial charge in [0, 0.05) is 0 Å². The summed E-state index contributed by atoms with van der Waals surface area (Å²) in [5.41, 5.74) is 5.19. The van der Waals surface area contributed by atoms with Crippen LogP contribution >= 0.6 is 11.6 Å². The van der Waals surface area contributed by atoms with Gasteiger partial charge in [0.25, 0.3) is 0 Å². The number of carbonyl (C=O) groups excluding carboxylic acids is 1. The number of carbonyl (C=O) groups is 1. The first kappa shape index (κ1) is 16.7. The molecule has 0 aliphatic heterocycles. The normalized spacial score (nSPS) is 13.2. The van der Waals surface area contributed by atoms with E-state index in [1.165, 1.54) is 25.3 Å². The Morgan fingerprint density at radius 3 is 2.40 bits per heavy atom. The monoisotopic (exact) mass is 320 g/mol. The molecule has 8 heteroatoms. The number of hydrogen-bond acceptors (Lipinski definition) is 4. The van der Waals surface area contributed by atoms with E-state index in [0.717, 1.165) is 0 Å². The lowest BCUT2D eigenvalue weighted by Gasteiger charge is -2.19. The summed E-state index contributed by atoms with van der Waals surface area (Å²) in [4.78, 5) is 11.2. The van der Waals surface area contributed by atoms with E-state index in [1.807, 2.05) is 0 Å². The van der Waals surface area contributed by atoms with Crippen molar-refractivity contribution >= 4 is 27.5 Å². The molecule has 0 unspecified atom stereocenters. The lowest BCUT2D eigenvalue weighted by Crippen LogP contribution is -2.47. The molecule has 0 aromatic heterocycles. The van der Waals surface area contributed by atoms with Gasteiger partial charge in [-0.3, -0.25) is 4.79 Å². The number of nitrogens with one attached hydrogen (secondary N) is 1. The fourth-order valence-electron chi connectivity index (χ4n) is 1.57. The van der Waals surface area contributed by atoms with E-state index in [0.29, 0.717) is 5.75 Å². The number of hydrogen-bond donors (Lipinski definition) is 2. The summed E-state index contributed by atoms with van der Waals surface area (Å²) in [6, 6.07) is 3.04. The summed E-state index contributed by atoms with van der Waals surface area (Å²) in [7, 11) is -2.46. The Kier molecular flexibility index (Phi) is 5.38. The third-order valence-corrected chi connectivity index (χ3v) is 4.42. The zero-order chi connectivity index (χ0) is 15.5. The van der Waals surface area contributed by atoms with E-state index < -0.39 is 22.0 Å². The highest BCUT2D eigenvalue weighted by atomic mass is 35.5. The minimum Gasteiger partial charge on any atom is -0.495 e. The number of methoxy groups -OCH3 is 1. The molecule has 6 nitrogen and oxygen atoms in total. The van der Waals surface area contributed by atoms with E-state index in [9.17, 15) is 13.2 Å². The number of amides is 1.